The van der Waals surface area contributed by atoms with Crippen molar-refractivity contribution in [2.24, 2.45) is 14.1 Å². The predicted octanol–water partition coefficient (Wildman–Crippen LogP) is 2.38. The molecule has 0 atom stereocenters. The minimum absolute atomic E-state index is 0.202. The van der Waals surface area contributed by atoms with Crippen molar-refractivity contribution in [3.63, 3.8) is 0 Å². The lowest BCUT2D eigenvalue weighted by atomic mass is 10.2. The molecule has 158 valence electrons. The fourth-order valence-electron chi connectivity index (χ4n) is 2.79. The van der Waals surface area contributed by atoms with Gasteiger partial charge in [-0.05, 0) is 36.4 Å². The Hall–Kier alpha value is -4.40. The number of urea groups is 1. The first-order valence-corrected chi connectivity index (χ1v) is 9.32. The molecule has 0 saturated heterocycles. The van der Waals surface area contributed by atoms with Crippen molar-refractivity contribution in [3.05, 3.63) is 93.3 Å². The first-order chi connectivity index (χ1) is 14.8. The number of hydrogen-bond acceptors (Lipinski definition) is 4. The van der Waals surface area contributed by atoms with Crippen LogP contribution in [-0.2, 0) is 18.9 Å². The first kappa shape index (κ1) is 21.3. The third kappa shape index (κ3) is 5.57. The van der Waals surface area contributed by atoms with Crippen LogP contribution >= 0.6 is 0 Å². The van der Waals surface area contributed by atoms with Crippen LogP contribution in [0.2, 0.25) is 0 Å². The van der Waals surface area contributed by atoms with E-state index in [0.29, 0.717) is 17.1 Å². The normalized spacial score (nSPS) is 10.6. The van der Waals surface area contributed by atoms with Gasteiger partial charge in [-0.15, -0.1) is 0 Å². The lowest BCUT2D eigenvalue weighted by molar-refractivity contribution is -0.111. The van der Waals surface area contributed by atoms with Crippen LogP contribution in [-0.4, -0.2) is 21.1 Å². The van der Waals surface area contributed by atoms with Crippen molar-refractivity contribution >= 4 is 35.1 Å². The van der Waals surface area contributed by atoms with Crippen molar-refractivity contribution in [2.75, 3.05) is 16.0 Å². The zero-order valence-corrected chi connectivity index (χ0v) is 17.0. The van der Waals surface area contributed by atoms with Crippen LogP contribution in [0.5, 0.6) is 0 Å². The molecule has 2 aromatic carbocycles. The monoisotopic (exact) mass is 419 g/mol. The van der Waals surface area contributed by atoms with E-state index in [4.69, 9.17) is 0 Å². The number of aryl methyl sites for hydroxylation is 1. The Kier molecular flexibility index (Phi) is 6.46. The zero-order valence-electron chi connectivity index (χ0n) is 17.0. The lowest BCUT2D eigenvalue weighted by Gasteiger charge is -2.09. The van der Waals surface area contributed by atoms with Gasteiger partial charge in [0.1, 0.15) is 0 Å². The molecule has 0 saturated carbocycles. The molecule has 3 N–H and O–H groups in total. The van der Waals surface area contributed by atoms with Gasteiger partial charge in [0.2, 0.25) is 5.91 Å². The maximum Gasteiger partial charge on any atom is 0.330 e. The number of amides is 3. The van der Waals surface area contributed by atoms with Crippen molar-refractivity contribution in [2.45, 2.75) is 0 Å². The van der Waals surface area contributed by atoms with Gasteiger partial charge in [0.15, 0.2) is 0 Å². The van der Waals surface area contributed by atoms with E-state index in [0.717, 1.165) is 4.57 Å². The summed E-state index contributed by atoms with van der Waals surface area (Å²) in [6.07, 6.45) is 3.90. The summed E-state index contributed by atoms with van der Waals surface area (Å²) in [6.45, 7) is 0. The van der Waals surface area contributed by atoms with Gasteiger partial charge in [-0.3, -0.25) is 14.2 Å². The van der Waals surface area contributed by atoms with Gasteiger partial charge < -0.3 is 20.5 Å². The summed E-state index contributed by atoms with van der Waals surface area (Å²) in [7, 11) is 2.89. The number of rotatable bonds is 5. The third-order valence-corrected chi connectivity index (χ3v) is 4.31. The summed E-state index contributed by atoms with van der Waals surface area (Å²) in [4.78, 5) is 48.2. The Balaban J connectivity index is 1.65. The first-order valence-electron chi connectivity index (χ1n) is 9.32. The number of benzene rings is 2. The van der Waals surface area contributed by atoms with Crippen LogP contribution in [0.15, 0.2) is 76.5 Å². The molecule has 0 spiro atoms. The summed E-state index contributed by atoms with van der Waals surface area (Å²) in [5.74, 6) is -0.471. The molecule has 0 unspecified atom stereocenters. The fraction of sp³-hybridized carbons (Fsp3) is 0.0909. The molecular weight excluding hydrogens is 398 g/mol. The highest BCUT2D eigenvalue weighted by atomic mass is 16.2. The van der Waals surface area contributed by atoms with E-state index in [1.54, 1.807) is 36.4 Å². The summed E-state index contributed by atoms with van der Waals surface area (Å²) in [6, 6.07) is 15.2. The highest BCUT2D eigenvalue weighted by Crippen LogP contribution is 2.16. The molecule has 0 radical (unpaired) electrons. The number of hydrogen-bond donors (Lipinski definition) is 3. The van der Waals surface area contributed by atoms with Gasteiger partial charge in [-0.1, -0.05) is 24.3 Å². The van der Waals surface area contributed by atoms with E-state index in [2.05, 4.69) is 16.0 Å². The van der Waals surface area contributed by atoms with Gasteiger partial charge in [0, 0.05) is 43.4 Å². The van der Waals surface area contributed by atoms with Crippen LogP contribution in [0.1, 0.15) is 5.56 Å². The topological polar surface area (TPSA) is 114 Å². The Bertz CT molecular complexity index is 1260. The van der Waals surface area contributed by atoms with Crippen molar-refractivity contribution in [1.82, 2.24) is 9.13 Å². The molecule has 9 heteroatoms. The van der Waals surface area contributed by atoms with Gasteiger partial charge in [-0.2, -0.15) is 0 Å². The van der Waals surface area contributed by atoms with E-state index >= 15 is 0 Å². The Morgan fingerprint density at radius 2 is 1.45 bits per heavy atom. The highest BCUT2D eigenvalue weighted by molar-refractivity contribution is 6.03. The maximum atomic E-state index is 12.2. The number of nitrogens with one attached hydrogen (secondary N) is 3. The summed E-state index contributed by atoms with van der Waals surface area (Å²) < 4.78 is 2.22. The van der Waals surface area contributed by atoms with Crippen LogP contribution in [0.4, 0.5) is 21.9 Å². The largest absolute Gasteiger partial charge is 0.330 e. The second-order valence-electron chi connectivity index (χ2n) is 6.69. The van der Waals surface area contributed by atoms with Crippen LogP contribution in [0.3, 0.4) is 0 Å². The minimum Gasteiger partial charge on any atom is -0.322 e. The second kappa shape index (κ2) is 9.40. The second-order valence-corrected chi connectivity index (χ2v) is 6.69. The zero-order chi connectivity index (χ0) is 22.4. The quantitative estimate of drug-likeness (QED) is 0.551. The van der Waals surface area contributed by atoms with E-state index in [1.165, 1.54) is 37.0 Å². The molecule has 3 amide bonds. The number of nitrogens with zero attached hydrogens (tertiary/aromatic N) is 2. The number of aromatic nitrogens is 2. The average molecular weight is 419 g/mol. The molecule has 0 aliphatic heterocycles. The third-order valence-electron chi connectivity index (χ3n) is 4.31. The molecule has 31 heavy (non-hydrogen) atoms. The van der Waals surface area contributed by atoms with Crippen molar-refractivity contribution in [1.29, 1.82) is 0 Å². The minimum atomic E-state index is -0.497. The summed E-state index contributed by atoms with van der Waals surface area (Å²) in [5, 5.41) is 8.06. The molecule has 3 rings (SSSR count). The number of anilines is 3. The van der Waals surface area contributed by atoms with Gasteiger partial charge >= 0.3 is 11.7 Å². The molecule has 0 aliphatic rings. The summed E-state index contributed by atoms with van der Waals surface area (Å²) in [5.41, 5.74) is 0.851. The smallest absolute Gasteiger partial charge is 0.322 e. The molecule has 0 aliphatic carbocycles. The van der Waals surface area contributed by atoms with E-state index in [1.807, 2.05) is 18.2 Å². The Morgan fingerprint density at radius 3 is 2.16 bits per heavy atom. The molecule has 0 fully saturated rings. The van der Waals surface area contributed by atoms with Crippen LogP contribution in [0.25, 0.3) is 6.08 Å². The Labute approximate surface area is 177 Å². The SMILES string of the molecule is Cn1cc(/C=C/C(=O)Nc2cccc(NC(=O)Nc3ccccc3)c2)c(=O)n(C)c1=O. The number of carbonyl (C=O) groups excluding carboxylic acids is 2. The maximum absolute atomic E-state index is 12.2. The number of carbonyl (C=O) groups is 2. The van der Waals surface area contributed by atoms with E-state index in [9.17, 15) is 19.2 Å². The van der Waals surface area contributed by atoms with E-state index in [-0.39, 0.29) is 5.56 Å². The van der Waals surface area contributed by atoms with Gasteiger partial charge in [0.25, 0.3) is 5.56 Å². The van der Waals surface area contributed by atoms with Crippen LogP contribution in [0, 0.1) is 0 Å². The molecule has 3 aromatic rings. The van der Waals surface area contributed by atoms with Crippen LogP contribution < -0.4 is 27.2 Å². The Morgan fingerprint density at radius 1 is 0.839 bits per heavy atom. The van der Waals surface area contributed by atoms with Crippen molar-refractivity contribution < 1.29 is 9.59 Å². The molecule has 1 heterocycles. The predicted molar refractivity (Wildman–Crippen MR) is 120 cm³/mol. The highest BCUT2D eigenvalue weighted by Gasteiger charge is 2.06. The van der Waals surface area contributed by atoms with Gasteiger partial charge in [-0.25, -0.2) is 9.59 Å². The van der Waals surface area contributed by atoms with Gasteiger partial charge in [0.05, 0.1) is 5.56 Å². The molecule has 0 bridgehead atoms. The summed E-state index contributed by atoms with van der Waals surface area (Å²) >= 11 is 0. The lowest BCUT2D eigenvalue weighted by Crippen LogP contribution is -2.37. The molecular formula is C22H21N5O4. The average Bonchev–Trinajstić information content (AvgIpc) is 2.74. The fourth-order valence-corrected chi connectivity index (χ4v) is 2.79. The number of para-hydroxylation sites is 1. The molecule has 9 nitrogen and oxygen atoms in total. The molecule has 1 aromatic heterocycles. The standard InChI is InChI=1S/C22H21N5O4/c1-26-14-15(20(29)27(2)22(26)31)11-12-19(28)23-17-9-6-10-18(13-17)25-21(30)24-16-7-4-3-5-8-16/h3-14H,1-2H3,(H,23,28)(H2,24,25,30)/b12-11+. The van der Waals surface area contributed by atoms with Crippen molar-refractivity contribution in [3.8, 4) is 0 Å². The van der Waals surface area contributed by atoms with E-state index < -0.39 is 23.2 Å².